The van der Waals surface area contributed by atoms with E-state index in [-0.39, 0.29) is 56.1 Å². The number of hydrogen-bond donors (Lipinski definition) is 6. The number of amides is 5. The molecule has 378 valence electrons. The molecule has 0 aliphatic carbocycles. The van der Waals surface area contributed by atoms with Gasteiger partial charge < -0.3 is 46.5 Å². The van der Waals surface area contributed by atoms with Crippen LogP contribution in [0, 0.1) is 12.3 Å². The number of carbonyl (C=O) groups excluding carboxylic acids is 5. The number of rotatable bonds is 16. The second-order valence-corrected chi connectivity index (χ2v) is 21.4. The molecule has 3 aliphatic rings. The normalized spacial score (nSPS) is 19.3. The fourth-order valence-corrected chi connectivity index (χ4v) is 10.6. The molecule has 20 heteroatoms. The van der Waals surface area contributed by atoms with Crippen LogP contribution in [-0.2, 0) is 30.5 Å². The number of piperidine rings is 1. The summed E-state index contributed by atoms with van der Waals surface area (Å²) >= 11 is 7.82. The predicted octanol–water partition coefficient (Wildman–Crippen LogP) is 4.32. The third-order valence-electron chi connectivity index (χ3n) is 14.1. The van der Waals surface area contributed by atoms with Crippen molar-refractivity contribution >= 4 is 69.3 Å². The molecule has 3 aromatic heterocycles. The summed E-state index contributed by atoms with van der Waals surface area (Å²) in [4.78, 5) is 93.5. The molecule has 3 aliphatic heterocycles. The van der Waals surface area contributed by atoms with Crippen LogP contribution in [0.4, 0.5) is 5.82 Å². The molecule has 6 heterocycles. The van der Waals surface area contributed by atoms with E-state index in [1.807, 2.05) is 94.0 Å². The van der Waals surface area contributed by atoms with Crippen LogP contribution in [0.1, 0.15) is 82.2 Å². The smallest absolute Gasteiger partial charge is 0.246 e. The molecule has 0 radical (unpaired) electrons. The van der Waals surface area contributed by atoms with Crippen LogP contribution in [0.5, 0.6) is 0 Å². The van der Waals surface area contributed by atoms with Crippen LogP contribution < -0.4 is 26.6 Å². The zero-order chi connectivity index (χ0) is 50.5. The van der Waals surface area contributed by atoms with E-state index in [4.69, 9.17) is 17.3 Å². The predicted molar refractivity (Wildman–Crippen MR) is 273 cm³/mol. The van der Waals surface area contributed by atoms with Gasteiger partial charge >= 0.3 is 0 Å². The highest BCUT2D eigenvalue weighted by Crippen LogP contribution is 2.31. The Morgan fingerprint density at radius 2 is 1.65 bits per heavy atom. The quantitative estimate of drug-likeness (QED) is 0.0812. The van der Waals surface area contributed by atoms with E-state index < -0.39 is 41.0 Å². The third kappa shape index (κ3) is 12.4. The Bertz CT molecular complexity index is 2670. The lowest BCUT2D eigenvalue weighted by molar-refractivity contribution is -0.144. The first kappa shape index (κ1) is 51.4. The number of aliphatic hydroxyl groups excluding tert-OH is 1. The standard InChI is InChI=1S/C51H65ClN12O6S/c1-32-43(71-31-58-32)35-7-5-33(6-8-35)28-55-47(68)40-27-37(65)29-64(40)48(69)44(50(2,3)4)60-41(66)13-14-42(67)62-25-23-61(24-26-62)20-16-39(34-9-11-36(52)12-10-34)59-49(70)51(53)17-21-63(22-18-51)46-38-15-19-54-45(38)56-30-57-46/h5-12,15,19,30-31,37,39-40,44,65H,13-14,16-18,20-29,53H2,1-4H3,(H,55,68)(H,59,70)(H,60,66)(H,54,56,57)/t37-,39+,40+,44-/m1/s1. The average molecular weight is 1010 g/mol. The molecular formula is C51H65ClN12O6S. The number of carbonyl (C=O) groups is 5. The molecule has 5 amide bonds. The van der Waals surface area contributed by atoms with Gasteiger partial charge in [-0.3, -0.25) is 28.9 Å². The second kappa shape index (κ2) is 22.2. The zero-order valence-corrected chi connectivity index (χ0v) is 42.4. The number of thiazole rings is 1. The highest BCUT2D eigenvalue weighted by atomic mass is 35.5. The lowest BCUT2D eigenvalue weighted by Crippen LogP contribution is -2.60. The monoisotopic (exact) mass is 1010 g/mol. The van der Waals surface area contributed by atoms with Crippen molar-refractivity contribution in [1.82, 2.24) is 50.6 Å². The number of aromatic nitrogens is 4. The number of aromatic amines is 1. The van der Waals surface area contributed by atoms with E-state index in [9.17, 15) is 29.1 Å². The number of nitrogens with two attached hydrogens (primary N) is 1. The van der Waals surface area contributed by atoms with Crippen LogP contribution in [0.15, 0.2) is 72.6 Å². The SMILES string of the molecule is Cc1ncsc1-c1ccc(CNC(=O)[C@@H]2C[C@@H](O)CN2C(=O)[C@@H](NC(=O)CCC(=O)N2CCN(CC[C@H](NC(=O)C3(N)CCN(c4ncnc5[nH]ccc45)CC3)c3ccc(Cl)cc3)CC2)C(C)(C)C)cc1. The molecule has 3 saturated heterocycles. The maximum Gasteiger partial charge on any atom is 0.246 e. The van der Waals surface area contributed by atoms with E-state index in [2.05, 4.69) is 45.7 Å². The molecule has 4 atom stereocenters. The molecule has 0 bridgehead atoms. The van der Waals surface area contributed by atoms with Crippen molar-refractivity contribution in [3.05, 3.63) is 94.5 Å². The first-order valence-electron chi connectivity index (χ1n) is 24.4. The number of benzene rings is 2. The molecule has 18 nitrogen and oxygen atoms in total. The molecular weight excluding hydrogens is 944 g/mol. The van der Waals surface area contributed by atoms with Gasteiger partial charge in [0.25, 0.3) is 0 Å². The number of hydrogen-bond acceptors (Lipinski definition) is 13. The van der Waals surface area contributed by atoms with Crippen LogP contribution in [0.3, 0.4) is 0 Å². The van der Waals surface area contributed by atoms with Gasteiger partial charge in [0.2, 0.25) is 29.5 Å². The Hall–Kier alpha value is -5.99. The summed E-state index contributed by atoms with van der Waals surface area (Å²) in [6.07, 6.45) is 3.90. The Morgan fingerprint density at radius 1 is 0.930 bits per heavy atom. The van der Waals surface area contributed by atoms with E-state index in [0.717, 1.165) is 44.1 Å². The van der Waals surface area contributed by atoms with Crippen LogP contribution in [0.25, 0.3) is 21.5 Å². The average Bonchev–Trinajstić information content (AvgIpc) is 4.13. The number of fused-ring (bicyclic) bond motifs is 1. The van der Waals surface area contributed by atoms with Gasteiger partial charge in [-0.25, -0.2) is 15.0 Å². The van der Waals surface area contributed by atoms with Crippen molar-refractivity contribution < 1.29 is 29.1 Å². The van der Waals surface area contributed by atoms with Crippen molar-refractivity contribution in [1.29, 1.82) is 0 Å². The number of piperazine rings is 1. The summed E-state index contributed by atoms with van der Waals surface area (Å²) in [5, 5.41) is 21.2. The number of halogens is 1. The highest BCUT2D eigenvalue weighted by Gasteiger charge is 2.45. The summed E-state index contributed by atoms with van der Waals surface area (Å²) in [5.41, 5.74) is 11.4. The van der Waals surface area contributed by atoms with E-state index in [0.29, 0.717) is 70.1 Å². The molecule has 0 saturated carbocycles. The first-order chi connectivity index (χ1) is 34.0. The summed E-state index contributed by atoms with van der Waals surface area (Å²) in [5.74, 6) is -0.850. The van der Waals surface area contributed by atoms with E-state index >= 15 is 0 Å². The van der Waals surface area contributed by atoms with Crippen molar-refractivity contribution in [3.63, 3.8) is 0 Å². The van der Waals surface area contributed by atoms with Gasteiger partial charge in [0, 0.05) is 89.4 Å². The molecule has 8 rings (SSSR count). The lowest BCUT2D eigenvalue weighted by Gasteiger charge is -2.40. The fourth-order valence-electron chi connectivity index (χ4n) is 9.70. The fraction of sp³-hybridized carbons (Fsp3) is 0.490. The van der Waals surface area contributed by atoms with E-state index in [1.54, 1.807) is 16.2 Å². The first-order valence-corrected chi connectivity index (χ1v) is 25.6. The summed E-state index contributed by atoms with van der Waals surface area (Å²) < 4.78 is 0. The number of H-pyrrole nitrogens is 1. The minimum atomic E-state index is -1.06. The van der Waals surface area contributed by atoms with Gasteiger partial charge in [0.05, 0.1) is 39.2 Å². The Morgan fingerprint density at radius 3 is 2.32 bits per heavy atom. The number of β-amino-alcohol motifs (C(OH)–C–C–N with tert-alkyl or cyclic N) is 1. The zero-order valence-electron chi connectivity index (χ0n) is 40.8. The lowest BCUT2D eigenvalue weighted by atomic mass is 9.85. The van der Waals surface area contributed by atoms with E-state index in [1.165, 1.54) is 11.2 Å². The van der Waals surface area contributed by atoms with Gasteiger partial charge in [-0.2, -0.15) is 0 Å². The largest absolute Gasteiger partial charge is 0.391 e. The Balaban J connectivity index is 0.792. The number of likely N-dealkylation sites (tertiary alicyclic amines) is 1. The molecule has 71 heavy (non-hydrogen) atoms. The summed E-state index contributed by atoms with van der Waals surface area (Å²) in [7, 11) is 0. The van der Waals surface area contributed by atoms with Gasteiger partial charge in [0.1, 0.15) is 29.9 Å². The van der Waals surface area contributed by atoms with Crippen molar-refractivity contribution in [2.45, 2.75) is 103 Å². The molecule has 5 aromatic rings. The minimum absolute atomic E-state index is 0.0338. The number of nitrogens with one attached hydrogen (secondary N) is 4. The maximum atomic E-state index is 14.2. The number of anilines is 1. The molecule has 2 aromatic carbocycles. The molecule has 7 N–H and O–H groups in total. The van der Waals surface area contributed by atoms with Gasteiger partial charge in [-0.15, -0.1) is 11.3 Å². The van der Waals surface area contributed by atoms with Crippen LogP contribution in [-0.4, -0.2) is 145 Å². The number of aryl methyl sites for hydroxylation is 1. The minimum Gasteiger partial charge on any atom is -0.391 e. The summed E-state index contributed by atoms with van der Waals surface area (Å²) in [6.45, 7) is 11.6. The third-order valence-corrected chi connectivity index (χ3v) is 15.3. The van der Waals surface area contributed by atoms with Crippen LogP contribution >= 0.6 is 22.9 Å². The molecule has 3 fully saturated rings. The number of nitrogens with zero attached hydrogens (tertiary/aromatic N) is 7. The second-order valence-electron chi connectivity index (χ2n) is 20.1. The maximum absolute atomic E-state index is 14.2. The Kier molecular flexibility index (Phi) is 16.1. The topological polar surface area (TPSA) is 235 Å². The molecule has 0 unspecified atom stereocenters. The Labute approximate surface area is 423 Å². The van der Waals surface area contributed by atoms with Crippen molar-refractivity contribution in [3.8, 4) is 10.4 Å². The highest BCUT2D eigenvalue weighted by molar-refractivity contribution is 7.13. The number of aliphatic hydroxyl groups is 1. The van der Waals surface area contributed by atoms with Crippen molar-refractivity contribution in [2.24, 2.45) is 11.1 Å². The van der Waals surface area contributed by atoms with Crippen LogP contribution in [0.2, 0.25) is 5.02 Å². The van der Waals surface area contributed by atoms with Gasteiger partial charge in [-0.05, 0) is 66.5 Å². The summed E-state index contributed by atoms with van der Waals surface area (Å²) in [6, 6.07) is 15.0. The molecule has 0 spiro atoms. The van der Waals surface area contributed by atoms with Gasteiger partial charge in [0.15, 0.2) is 0 Å². The van der Waals surface area contributed by atoms with Crippen molar-refractivity contribution in [2.75, 3.05) is 57.3 Å². The van der Waals surface area contributed by atoms with Gasteiger partial charge in [-0.1, -0.05) is 68.8 Å².